The van der Waals surface area contributed by atoms with Gasteiger partial charge in [-0.15, -0.1) is 0 Å². The lowest BCUT2D eigenvalue weighted by Crippen LogP contribution is -2.46. The van der Waals surface area contributed by atoms with Crippen molar-refractivity contribution in [3.63, 3.8) is 0 Å². The fourth-order valence-corrected chi connectivity index (χ4v) is 4.16. The molecular formula is C27H23FN4O3. The van der Waals surface area contributed by atoms with E-state index in [1.54, 1.807) is 17.0 Å². The van der Waals surface area contributed by atoms with Crippen molar-refractivity contribution in [1.82, 2.24) is 15.5 Å². The van der Waals surface area contributed by atoms with Crippen LogP contribution in [0.2, 0.25) is 0 Å². The molecule has 8 heteroatoms. The Labute approximate surface area is 201 Å². The van der Waals surface area contributed by atoms with Crippen molar-refractivity contribution in [2.45, 2.75) is 19.9 Å². The monoisotopic (exact) mass is 470 g/mol. The first-order valence-corrected chi connectivity index (χ1v) is 11.2. The maximum atomic E-state index is 13.8. The van der Waals surface area contributed by atoms with Crippen LogP contribution < -0.4 is 15.0 Å². The zero-order valence-electron chi connectivity index (χ0n) is 19.2. The molecule has 1 aliphatic heterocycles. The first-order chi connectivity index (χ1) is 17.0. The van der Waals surface area contributed by atoms with E-state index in [9.17, 15) is 9.18 Å². The summed E-state index contributed by atoms with van der Waals surface area (Å²) < 4.78 is 24.9. The molecule has 7 nitrogen and oxygen atoms in total. The fraction of sp³-hybridized carbons (Fsp3) is 0.148. The summed E-state index contributed by atoms with van der Waals surface area (Å²) in [5, 5.41) is 7.15. The smallest absolute Gasteiger partial charge is 0.326 e. The van der Waals surface area contributed by atoms with Gasteiger partial charge in [0.1, 0.15) is 11.6 Å². The number of urea groups is 1. The summed E-state index contributed by atoms with van der Waals surface area (Å²) in [5.74, 6) is 0.829. The average molecular weight is 471 g/mol. The molecule has 0 aliphatic carbocycles. The van der Waals surface area contributed by atoms with Crippen LogP contribution in [-0.2, 0) is 0 Å². The first kappa shape index (κ1) is 22.3. The van der Waals surface area contributed by atoms with Crippen LogP contribution in [0.4, 0.5) is 14.9 Å². The van der Waals surface area contributed by atoms with E-state index in [4.69, 9.17) is 9.26 Å². The Balaban J connectivity index is 1.61. The first-order valence-electron chi connectivity index (χ1n) is 11.2. The van der Waals surface area contributed by atoms with Gasteiger partial charge in [0.2, 0.25) is 5.82 Å². The van der Waals surface area contributed by atoms with E-state index in [0.29, 0.717) is 34.9 Å². The molecule has 5 rings (SSSR count). The van der Waals surface area contributed by atoms with E-state index in [0.717, 1.165) is 5.56 Å². The Morgan fingerprint density at radius 3 is 2.54 bits per heavy atom. The number of hydrogen-bond acceptors (Lipinski definition) is 5. The summed E-state index contributed by atoms with van der Waals surface area (Å²) in [6.45, 7) is 4.31. The highest BCUT2D eigenvalue weighted by molar-refractivity contribution is 6.01. The number of hydrogen-bond donors (Lipinski definition) is 1. The minimum atomic E-state index is -0.511. The molecule has 0 radical (unpaired) electrons. The number of nitrogens with zero attached hydrogens (tertiary/aromatic N) is 3. The quantitative estimate of drug-likeness (QED) is 0.375. The molecule has 4 aromatic rings. The SMILES string of the molecule is CCOc1ccc(N2C(=O)NC(c3ccccc3)C(c3nc(-c4cccc(F)c4)no3)=C2C)cc1. The maximum Gasteiger partial charge on any atom is 0.326 e. The van der Waals surface area contributed by atoms with Crippen LogP contribution in [0.1, 0.15) is 31.3 Å². The molecule has 0 saturated carbocycles. The number of aromatic nitrogens is 2. The molecular weight excluding hydrogens is 447 g/mol. The van der Waals surface area contributed by atoms with Crippen LogP contribution in [0, 0.1) is 5.82 Å². The van der Waals surface area contributed by atoms with Crippen LogP contribution in [0.3, 0.4) is 0 Å². The topological polar surface area (TPSA) is 80.5 Å². The van der Waals surface area contributed by atoms with Gasteiger partial charge in [0.15, 0.2) is 0 Å². The summed E-state index contributed by atoms with van der Waals surface area (Å²) in [6, 6.07) is 22.0. The molecule has 0 fully saturated rings. The van der Waals surface area contributed by atoms with Gasteiger partial charge in [-0.3, -0.25) is 4.90 Å². The van der Waals surface area contributed by atoms with Gasteiger partial charge in [-0.1, -0.05) is 47.6 Å². The Morgan fingerprint density at radius 1 is 1.06 bits per heavy atom. The van der Waals surface area contributed by atoms with Crippen molar-refractivity contribution in [3.8, 4) is 17.1 Å². The third-order valence-corrected chi connectivity index (χ3v) is 5.76. The minimum absolute atomic E-state index is 0.242. The molecule has 2 amide bonds. The lowest BCUT2D eigenvalue weighted by Gasteiger charge is -2.35. The van der Waals surface area contributed by atoms with Crippen LogP contribution in [0.25, 0.3) is 17.0 Å². The molecule has 1 unspecified atom stereocenters. The summed E-state index contributed by atoms with van der Waals surface area (Å²) >= 11 is 0. The van der Waals surface area contributed by atoms with E-state index < -0.39 is 11.9 Å². The Bertz CT molecular complexity index is 1380. The molecule has 0 bridgehead atoms. The number of benzene rings is 3. The average Bonchev–Trinajstić information content (AvgIpc) is 3.35. The summed E-state index contributed by atoms with van der Waals surface area (Å²) in [5.41, 5.74) is 3.32. The summed E-state index contributed by atoms with van der Waals surface area (Å²) in [7, 11) is 0. The normalized spacial score (nSPS) is 15.8. The molecule has 0 saturated heterocycles. The Kier molecular flexibility index (Phi) is 6.01. The molecule has 1 aromatic heterocycles. The fourth-order valence-electron chi connectivity index (χ4n) is 4.16. The van der Waals surface area contributed by atoms with Gasteiger partial charge in [0, 0.05) is 11.3 Å². The van der Waals surface area contributed by atoms with Crippen LogP contribution in [-0.4, -0.2) is 22.8 Å². The van der Waals surface area contributed by atoms with Crippen molar-refractivity contribution in [1.29, 1.82) is 0 Å². The van der Waals surface area contributed by atoms with Crippen LogP contribution in [0.15, 0.2) is 89.1 Å². The maximum absolute atomic E-state index is 13.8. The van der Waals surface area contributed by atoms with Crippen LogP contribution >= 0.6 is 0 Å². The zero-order chi connectivity index (χ0) is 24.4. The molecule has 35 heavy (non-hydrogen) atoms. The van der Waals surface area contributed by atoms with E-state index >= 15 is 0 Å². The van der Waals surface area contributed by atoms with E-state index in [-0.39, 0.29) is 17.7 Å². The van der Waals surface area contributed by atoms with E-state index in [1.807, 2.05) is 68.4 Å². The summed E-state index contributed by atoms with van der Waals surface area (Å²) in [6.07, 6.45) is 0. The zero-order valence-corrected chi connectivity index (χ0v) is 19.2. The van der Waals surface area contributed by atoms with Gasteiger partial charge in [0.25, 0.3) is 5.89 Å². The molecule has 0 spiro atoms. The highest BCUT2D eigenvalue weighted by Gasteiger charge is 2.36. The second-order valence-corrected chi connectivity index (χ2v) is 7.99. The number of amides is 2. The van der Waals surface area contributed by atoms with Gasteiger partial charge in [0.05, 0.1) is 23.9 Å². The van der Waals surface area contributed by atoms with Crippen LogP contribution in [0.5, 0.6) is 5.75 Å². The minimum Gasteiger partial charge on any atom is -0.494 e. The number of carbonyl (C=O) groups is 1. The van der Waals surface area contributed by atoms with E-state index in [1.165, 1.54) is 12.1 Å². The van der Waals surface area contributed by atoms with Gasteiger partial charge >= 0.3 is 6.03 Å². The second-order valence-electron chi connectivity index (χ2n) is 7.99. The lowest BCUT2D eigenvalue weighted by atomic mass is 9.94. The van der Waals surface area contributed by atoms with Crippen molar-refractivity contribution < 1.29 is 18.4 Å². The largest absolute Gasteiger partial charge is 0.494 e. The predicted molar refractivity (Wildman–Crippen MR) is 130 cm³/mol. The predicted octanol–water partition coefficient (Wildman–Crippen LogP) is 5.98. The third kappa shape index (κ3) is 4.38. The van der Waals surface area contributed by atoms with Gasteiger partial charge in [-0.05, 0) is 55.8 Å². The highest BCUT2D eigenvalue weighted by Crippen LogP contribution is 2.39. The number of rotatable bonds is 6. The lowest BCUT2D eigenvalue weighted by molar-refractivity contribution is 0.244. The van der Waals surface area contributed by atoms with Crippen molar-refractivity contribution in [2.24, 2.45) is 0 Å². The number of carbonyl (C=O) groups excluding carboxylic acids is 1. The second kappa shape index (κ2) is 9.42. The highest BCUT2D eigenvalue weighted by atomic mass is 19.1. The van der Waals surface area contributed by atoms with E-state index in [2.05, 4.69) is 15.5 Å². The summed E-state index contributed by atoms with van der Waals surface area (Å²) in [4.78, 5) is 19.4. The molecule has 3 aromatic carbocycles. The molecule has 1 aliphatic rings. The number of nitrogens with one attached hydrogen (secondary N) is 1. The Morgan fingerprint density at radius 2 is 1.83 bits per heavy atom. The number of anilines is 1. The molecule has 1 N–H and O–H groups in total. The van der Waals surface area contributed by atoms with Crippen molar-refractivity contribution in [3.05, 3.63) is 102 Å². The Hall–Kier alpha value is -4.46. The standard InChI is InChI=1S/C27H23FN4O3/c1-3-34-22-14-12-21(13-15-22)32-17(2)23(24(29-27(32)33)18-8-5-4-6-9-18)26-30-25(31-35-26)19-10-7-11-20(28)16-19/h4-16,24H,3H2,1-2H3,(H,29,33). The van der Waals surface area contributed by atoms with Gasteiger partial charge in [-0.2, -0.15) is 4.98 Å². The molecule has 1 atom stereocenters. The number of allylic oxidation sites excluding steroid dienone is 1. The third-order valence-electron chi connectivity index (χ3n) is 5.76. The van der Waals surface area contributed by atoms with Crippen molar-refractivity contribution in [2.75, 3.05) is 11.5 Å². The molecule has 176 valence electrons. The van der Waals surface area contributed by atoms with Crippen molar-refractivity contribution >= 4 is 17.3 Å². The van der Waals surface area contributed by atoms with Gasteiger partial charge < -0.3 is 14.6 Å². The number of ether oxygens (including phenoxy) is 1. The van der Waals surface area contributed by atoms with Gasteiger partial charge in [-0.25, -0.2) is 9.18 Å². The molecule has 2 heterocycles. The number of halogens is 1.